The molecule has 3 nitrogen and oxygen atoms in total. The molecular formula is C19H19FN2OS. The summed E-state index contributed by atoms with van der Waals surface area (Å²) in [5.41, 5.74) is 2.05. The molecule has 1 heterocycles. The number of halogens is 1. The van der Waals surface area contributed by atoms with Crippen LogP contribution >= 0.6 is 11.3 Å². The zero-order valence-corrected chi connectivity index (χ0v) is 14.4. The van der Waals surface area contributed by atoms with Crippen molar-refractivity contribution in [2.45, 2.75) is 32.7 Å². The van der Waals surface area contributed by atoms with Crippen molar-refractivity contribution in [2.75, 3.05) is 0 Å². The first-order chi connectivity index (χ1) is 11.7. The summed E-state index contributed by atoms with van der Waals surface area (Å²) in [5, 5.41) is 0. The molecule has 0 unspecified atom stereocenters. The number of aryl methyl sites for hydroxylation is 2. The second-order valence-electron chi connectivity index (χ2n) is 5.64. The molecule has 3 aromatic rings. The third-order valence-electron chi connectivity index (χ3n) is 3.78. The third-order valence-corrected chi connectivity index (χ3v) is 4.82. The minimum absolute atomic E-state index is 0.143. The molecule has 24 heavy (non-hydrogen) atoms. The van der Waals surface area contributed by atoms with E-state index in [0.717, 1.165) is 28.7 Å². The Bertz CT molecular complexity index is 912. The first-order valence-electron chi connectivity index (χ1n) is 8.07. The number of amides is 1. The molecule has 1 amide bonds. The summed E-state index contributed by atoms with van der Waals surface area (Å²) >= 11 is 1.36. The third kappa shape index (κ3) is 3.79. The topological polar surface area (TPSA) is 34.4 Å². The van der Waals surface area contributed by atoms with Gasteiger partial charge in [0.15, 0.2) is 4.80 Å². The van der Waals surface area contributed by atoms with Crippen molar-refractivity contribution in [2.24, 2.45) is 4.99 Å². The van der Waals surface area contributed by atoms with Gasteiger partial charge in [-0.1, -0.05) is 48.6 Å². The second kappa shape index (κ2) is 7.53. The average Bonchev–Trinajstić information content (AvgIpc) is 2.91. The monoisotopic (exact) mass is 342 g/mol. The zero-order chi connectivity index (χ0) is 16.9. The molecule has 0 fully saturated rings. The van der Waals surface area contributed by atoms with Crippen LogP contribution in [0, 0.1) is 5.82 Å². The Morgan fingerprint density at radius 3 is 2.75 bits per heavy atom. The summed E-state index contributed by atoms with van der Waals surface area (Å²) in [5.74, 6) is -0.412. The highest BCUT2D eigenvalue weighted by Gasteiger charge is 2.08. The van der Waals surface area contributed by atoms with E-state index in [1.54, 1.807) is 6.07 Å². The fraction of sp³-hybridized carbons (Fsp3) is 0.263. The maximum absolute atomic E-state index is 13.4. The number of thiazole rings is 1. The lowest BCUT2D eigenvalue weighted by atomic mass is 10.1. The van der Waals surface area contributed by atoms with E-state index in [4.69, 9.17) is 0 Å². The lowest BCUT2D eigenvalue weighted by Gasteiger charge is -2.02. The van der Waals surface area contributed by atoms with Gasteiger partial charge in [0.25, 0.3) is 0 Å². The molecule has 0 N–H and O–H groups in total. The maximum Gasteiger partial charge on any atom is 0.248 e. The lowest BCUT2D eigenvalue weighted by molar-refractivity contribution is -0.118. The fourth-order valence-corrected chi connectivity index (χ4v) is 3.73. The lowest BCUT2D eigenvalue weighted by Crippen LogP contribution is -2.17. The van der Waals surface area contributed by atoms with E-state index in [0.29, 0.717) is 17.6 Å². The van der Waals surface area contributed by atoms with Crippen molar-refractivity contribution in [1.29, 1.82) is 0 Å². The van der Waals surface area contributed by atoms with E-state index < -0.39 is 0 Å². The Morgan fingerprint density at radius 1 is 1.21 bits per heavy atom. The van der Waals surface area contributed by atoms with Gasteiger partial charge in [0.2, 0.25) is 5.91 Å². The van der Waals surface area contributed by atoms with Crippen LogP contribution < -0.4 is 4.80 Å². The summed E-state index contributed by atoms with van der Waals surface area (Å²) < 4.78 is 16.3. The standard InChI is InChI=1S/C19H19FN2OS/c1-2-12-22-16-10-9-15(20)13-17(16)24-19(22)21-18(23)11-8-14-6-4-3-5-7-14/h3-7,9-10,13H,2,8,11-12H2,1H3. The quantitative estimate of drug-likeness (QED) is 0.680. The van der Waals surface area contributed by atoms with Crippen molar-refractivity contribution in [3.63, 3.8) is 0 Å². The largest absolute Gasteiger partial charge is 0.316 e. The normalized spacial score (nSPS) is 12.0. The number of carbonyl (C=O) groups is 1. The van der Waals surface area contributed by atoms with Crippen LogP contribution in [-0.2, 0) is 17.8 Å². The summed E-state index contributed by atoms with van der Waals surface area (Å²) in [6.45, 7) is 2.83. The van der Waals surface area contributed by atoms with Gasteiger partial charge in [-0.05, 0) is 36.6 Å². The molecule has 0 saturated heterocycles. The van der Waals surface area contributed by atoms with Gasteiger partial charge < -0.3 is 4.57 Å². The maximum atomic E-state index is 13.4. The fourth-order valence-electron chi connectivity index (χ4n) is 2.63. The molecule has 0 aliphatic heterocycles. The van der Waals surface area contributed by atoms with Crippen LogP contribution in [0.25, 0.3) is 10.2 Å². The highest BCUT2D eigenvalue weighted by atomic mass is 32.1. The number of fused-ring (bicyclic) bond motifs is 1. The molecule has 0 atom stereocenters. The predicted octanol–water partition coefficient (Wildman–Crippen LogP) is 4.31. The second-order valence-corrected chi connectivity index (χ2v) is 6.65. The van der Waals surface area contributed by atoms with E-state index >= 15 is 0 Å². The highest BCUT2D eigenvalue weighted by Crippen LogP contribution is 2.19. The number of benzene rings is 2. The van der Waals surface area contributed by atoms with Crippen LogP contribution in [0.5, 0.6) is 0 Å². The van der Waals surface area contributed by atoms with E-state index in [9.17, 15) is 9.18 Å². The van der Waals surface area contributed by atoms with Crippen molar-refractivity contribution >= 4 is 27.5 Å². The van der Waals surface area contributed by atoms with Gasteiger partial charge in [-0.15, -0.1) is 0 Å². The molecule has 2 aromatic carbocycles. The predicted molar refractivity (Wildman–Crippen MR) is 95.4 cm³/mol. The molecule has 1 aromatic heterocycles. The van der Waals surface area contributed by atoms with Crippen molar-refractivity contribution < 1.29 is 9.18 Å². The average molecular weight is 342 g/mol. The molecule has 0 saturated carbocycles. The summed E-state index contributed by atoms with van der Waals surface area (Å²) in [4.78, 5) is 17.2. The van der Waals surface area contributed by atoms with Gasteiger partial charge in [-0.2, -0.15) is 4.99 Å². The van der Waals surface area contributed by atoms with Gasteiger partial charge >= 0.3 is 0 Å². The Morgan fingerprint density at radius 2 is 2.00 bits per heavy atom. The summed E-state index contributed by atoms with van der Waals surface area (Å²) in [7, 11) is 0. The van der Waals surface area contributed by atoms with E-state index in [2.05, 4.69) is 11.9 Å². The van der Waals surface area contributed by atoms with Crippen molar-refractivity contribution in [3.8, 4) is 0 Å². The van der Waals surface area contributed by atoms with Gasteiger partial charge in [0.05, 0.1) is 10.2 Å². The van der Waals surface area contributed by atoms with E-state index in [1.165, 1.54) is 23.5 Å². The number of nitrogens with zero attached hydrogens (tertiary/aromatic N) is 2. The molecule has 5 heteroatoms. The van der Waals surface area contributed by atoms with E-state index in [1.807, 2.05) is 34.9 Å². The van der Waals surface area contributed by atoms with Gasteiger partial charge in [-0.3, -0.25) is 4.79 Å². The number of rotatable bonds is 5. The Hall–Kier alpha value is -2.27. The first-order valence-corrected chi connectivity index (χ1v) is 8.89. The zero-order valence-electron chi connectivity index (χ0n) is 13.5. The van der Waals surface area contributed by atoms with Crippen LogP contribution in [-0.4, -0.2) is 10.5 Å². The van der Waals surface area contributed by atoms with Crippen LogP contribution in [0.4, 0.5) is 4.39 Å². The van der Waals surface area contributed by atoms with Crippen molar-refractivity contribution in [1.82, 2.24) is 4.57 Å². The molecule has 124 valence electrons. The summed E-state index contributed by atoms with van der Waals surface area (Å²) in [6.07, 6.45) is 1.98. The minimum Gasteiger partial charge on any atom is -0.316 e. The Balaban J connectivity index is 1.88. The van der Waals surface area contributed by atoms with Crippen LogP contribution in [0.1, 0.15) is 25.3 Å². The Labute approximate surface area is 144 Å². The minimum atomic E-state index is -0.269. The molecule has 3 rings (SSSR count). The smallest absolute Gasteiger partial charge is 0.248 e. The van der Waals surface area contributed by atoms with Gasteiger partial charge in [0, 0.05) is 13.0 Å². The number of hydrogen-bond acceptors (Lipinski definition) is 2. The van der Waals surface area contributed by atoms with Gasteiger partial charge in [0.1, 0.15) is 5.82 Å². The summed E-state index contributed by atoms with van der Waals surface area (Å²) in [6, 6.07) is 14.6. The number of aromatic nitrogens is 1. The molecule has 0 aliphatic rings. The number of hydrogen-bond donors (Lipinski definition) is 0. The SMILES string of the molecule is CCCn1c(=NC(=O)CCc2ccccc2)sc2cc(F)ccc21. The van der Waals surface area contributed by atoms with Gasteiger partial charge in [-0.25, -0.2) is 4.39 Å². The highest BCUT2D eigenvalue weighted by molar-refractivity contribution is 7.16. The van der Waals surface area contributed by atoms with Crippen molar-refractivity contribution in [3.05, 3.63) is 64.7 Å². The molecule has 0 spiro atoms. The Kier molecular flexibility index (Phi) is 5.20. The molecular weight excluding hydrogens is 323 g/mol. The van der Waals surface area contributed by atoms with E-state index in [-0.39, 0.29) is 11.7 Å². The molecule has 0 aliphatic carbocycles. The van der Waals surface area contributed by atoms with Crippen LogP contribution in [0.15, 0.2) is 53.5 Å². The first kappa shape index (κ1) is 16.6. The molecule has 0 bridgehead atoms. The molecule has 0 radical (unpaired) electrons. The van der Waals surface area contributed by atoms with Crippen LogP contribution in [0.3, 0.4) is 0 Å². The van der Waals surface area contributed by atoms with Crippen LogP contribution in [0.2, 0.25) is 0 Å². The number of carbonyl (C=O) groups excluding carboxylic acids is 1.